The summed E-state index contributed by atoms with van der Waals surface area (Å²) in [5, 5.41) is 18.3. The van der Waals surface area contributed by atoms with Crippen molar-refractivity contribution in [1.29, 1.82) is 0 Å². The molecule has 9 heteroatoms. The minimum absolute atomic E-state index is 0.00116. The van der Waals surface area contributed by atoms with Gasteiger partial charge in [-0.1, -0.05) is 44.2 Å². The van der Waals surface area contributed by atoms with Crippen molar-refractivity contribution in [3.63, 3.8) is 0 Å². The second-order valence-corrected chi connectivity index (χ2v) is 12.1. The van der Waals surface area contributed by atoms with E-state index >= 15 is 0 Å². The number of nitrogens with one attached hydrogen (secondary N) is 2. The van der Waals surface area contributed by atoms with Crippen LogP contribution in [0.2, 0.25) is 0 Å². The van der Waals surface area contributed by atoms with Crippen molar-refractivity contribution in [2.45, 2.75) is 64.8 Å². The molecule has 200 valence electrons. The van der Waals surface area contributed by atoms with Gasteiger partial charge in [0.05, 0.1) is 29.1 Å². The van der Waals surface area contributed by atoms with E-state index in [4.69, 9.17) is 0 Å². The number of nitrogens with zero attached hydrogens (tertiary/aromatic N) is 2. The number of aliphatic hydroxyl groups excluding tert-OH is 1. The second kappa shape index (κ2) is 11.2. The first-order chi connectivity index (χ1) is 17.6. The fraction of sp³-hybridized carbons (Fsp3) is 0.464. The number of carbonyl (C=O) groups excluding carboxylic acids is 1. The number of aryl methyl sites for hydroxylation is 2. The summed E-state index contributed by atoms with van der Waals surface area (Å²) >= 11 is 0. The van der Waals surface area contributed by atoms with Crippen LogP contribution in [0, 0.1) is 0 Å². The van der Waals surface area contributed by atoms with Crippen molar-refractivity contribution in [2.75, 3.05) is 23.7 Å². The zero-order valence-electron chi connectivity index (χ0n) is 22.1. The Morgan fingerprint density at radius 1 is 1.16 bits per heavy atom. The van der Waals surface area contributed by atoms with Gasteiger partial charge in [0, 0.05) is 43.3 Å². The summed E-state index contributed by atoms with van der Waals surface area (Å²) < 4.78 is 28.9. The molecule has 1 aliphatic rings. The van der Waals surface area contributed by atoms with Gasteiger partial charge in [-0.05, 0) is 49.4 Å². The predicted molar refractivity (Wildman–Crippen MR) is 149 cm³/mol. The molecule has 4 rings (SSSR count). The summed E-state index contributed by atoms with van der Waals surface area (Å²) in [5.74, 6) is -0.340. The third-order valence-electron chi connectivity index (χ3n) is 7.39. The summed E-state index contributed by atoms with van der Waals surface area (Å²) in [7, 11) is -1.96. The predicted octanol–water partition coefficient (Wildman–Crippen LogP) is 3.07. The molecular weight excluding hydrogens is 488 g/mol. The van der Waals surface area contributed by atoms with Crippen molar-refractivity contribution in [2.24, 2.45) is 0 Å². The van der Waals surface area contributed by atoms with Gasteiger partial charge in [0.25, 0.3) is 5.91 Å². The number of aromatic nitrogens is 1. The molecule has 0 spiro atoms. The van der Waals surface area contributed by atoms with E-state index in [-0.39, 0.29) is 17.7 Å². The van der Waals surface area contributed by atoms with Gasteiger partial charge in [0.15, 0.2) is 0 Å². The number of carbonyl (C=O) groups is 1. The Kier molecular flexibility index (Phi) is 8.26. The number of sulfonamides is 1. The Hall–Kier alpha value is -2.88. The monoisotopic (exact) mass is 526 g/mol. The number of rotatable bonds is 10. The van der Waals surface area contributed by atoms with E-state index in [1.807, 2.05) is 54.1 Å². The zero-order valence-corrected chi connectivity index (χ0v) is 22.9. The van der Waals surface area contributed by atoms with E-state index < -0.39 is 22.2 Å². The second-order valence-electron chi connectivity index (χ2n) is 9.93. The van der Waals surface area contributed by atoms with E-state index in [0.29, 0.717) is 30.8 Å². The lowest BCUT2D eigenvalue weighted by molar-refractivity contribution is 0.0825. The maximum absolute atomic E-state index is 13.6. The number of hydrogen-bond acceptors (Lipinski definition) is 5. The molecule has 0 fully saturated rings. The number of hydrogen-bond donors (Lipinski definition) is 3. The highest BCUT2D eigenvalue weighted by Gasteiger charge is 2.29. The molecule has 0 saturated carbocycles. The SMILES string of the molecule is CCc1cn2c3c(cc(C(=O)N[C@@H](Cc4ccccc4)[C@H](O)CN[C@@H](C)CC)cc13)N(C)S(=O)(=O)CC2. The van der Waals surface area contributed by atoms with Crippen LogP contribution in [0.4, 0.5) is 5.69 Å². The van der Waals surface area contributed by atoms with Gasteiger partial charge in [-0.2, -0.15) is 0 Å². The van der Waals surface area contributed by atoms with Crippen molar-refractivity contribution in [3.05, 3.63) is 65.4 Å². The molecule has 3 aromatic rings. The Balaban J connectivity index is 1.68. The summed E-state index contributed by atoms with van der Waals surface area (Å²) in [6.45, 7) is 6.90. The maximum Gasteiger partial charge on any atom is 0.251 e. The van der Waals surface area contributed by atoms with Crippen LogP contribution < -0.4 is 14.9 Å². The van der Waals surface area contributed by atoms with Crippen LogP contribution in [0.3, 0.4) is 0 Å². The molecular formula is C28H38N4O4S. The largest absolute Gasteiger partial charge is 0.390 e. The van der Waals surface area contributed by atoms with Crippen molar-refractivity contribution in [3.8, 4) is 0 Å². The van der Waals surface area contributed by atoms with Crippen LogP contribution in [0.25, 0.3) is 10.9 Å². The topological polar surface area (TPSA) is 104 Å². The molecule has 2 aromatic carbocycles. The zero-order chi connectivity index (χ0) is 26.7. The van der Waals surface area contributed by atoms with Gasteiger partial charge in [0.1, 0.15) is 0 Å². The molecule has 0 saturated heterocycles. The van der Waals surface area contributed by atoms with E-state index in [9.17, 15) is 18.3 Å². The number of amides is 1. The van der Waals surface area contributed by atoms with E-state index in [0.717, 1.165) is 34.9 Å². The molecule has 37 heavy (non-hydrogen) atoms. The first-order valence-corrected chi connectivity index (χ1v) is 14.6. The number of anilines is 1. The van der Waals surface area contributed by atoms with Crippen LogP contribution in [0.5, 0.6) is 0 Å². The van der Waals surface area contributed by atoms with Gasteiger partial charge >= 0.3 is 0 Å². The van der Waals surface area contributed by atoms with Crippen LogP contribution >= 0.6 is 0 Å². The summed E-state index contributed by atoms with van der Waals surface area (Å²) in [6.07, 6.45) is 3.35. The highest BCUT2D eigenvalue weighted by molar-refractivity contribution is 7.92. The van der Waals surface area contributed by atoms with E-state index in [1.165, 1.54) is 4.31 Å². The average Bonchev–Trinajstić information content (AvgIpc) is 3.23. The minimum Gasteiger partial charge on any atom is -0.390 e. The molecule has 2 heterocycles. The fourth-order valence-electron chi connectivity index (χ4n) is 4.83. The molecule has 1 amide bonds. The van der Waals surface area contributed by atoms with Crippen molar-refractivity contribution >= 4 is 32.5 Å². The first kappa shape index (κ1) is 27.2. The lowest BCUT2D eigenvalue weighted by atomic mass is 9.99. The summed E-state index contributed by atoms with van der Waals surface area (Å²) in [6, 6.07) is 13.0. The van der Waals surface area contributed by atoms with E-state index in [1.54, 1.807) is 13.1 Å². The Bertz CT molecular complexity index is 1350. The highest BCUT2D eigenvalue weighted by Crippen LogP contribution is 2.35. The van der Waals surface area contributed by atoms with Gasteiger partial charge in [-0.15, -0.1) is 0 Å². The molecule has 0 radical (unpaired) electrons. The summed E-state index contributed by atoms with van der Waals surface area (Å²) in [4.78, 5) is 13.6. The molecule has 0 bridgehead atoms. The van der Waals surface area contributed by atoms with Gasteiger partial charge in [-0.3, -0.25) is 9.10 Å². The van der Waals surface area contributed by atoms with Gasteiger partial charge < -0.3 is 20.3 Å². The maximum atomic E-state index is 13.6. The van der Waals surface area contributed by atoms with Crippen molar-refractivity contribution < 1.29 is 18.3 Å². The van der Waals surface area contributed by atoms with Crippen LogP contribution in [0.1, 0.15) is 48.7 Å². The molecule has 1 aromatic heterocycles. The molecule has 0 unspecified atom stereocenters. The Morgan fingerprint density at radius 2 is 1.89 bits per heavy atom. The van der Waals surface area contributed by atoms with E-state index in [2.05, 4.69) is 24.5 Å². The third kappa shape index (κ3) is 5.84. The third-order valence-corrected chi connectivity index (χ3v) is 9.12. The van der Waals surface area contributed by atoms with Crippen LogP contribution in [0.15, 0.2) is 48.7 Å². The molecule has 3 atom stereocenters. The standard InChI is InChI=1S/C28H38N4O4S/c1-5-19(3)29-17-26(33)24(14-20-10-8-7-9-11-20)30-28(34)22-15-23-21(6-2)18-32-12-13-37(35,36)31(4)25(16-22)27(23)32/h7-11,15-16,18-19,24,26,29,33H,5-6,12-14,17H2,1-4H3,(H,30,34)/t19-,24-,26+/m0/s1. The normalized spacial score (nSPS) is 17.3. The van der Waals surface area contributed by atoms with Gasteiger partial charge in [0.2, 0.25) is 10.0 Å². The number of aliphatic hydroxyl groups is 1. The molecule has 8 nitrogen and oxygen atoms in total. The fourth-order valence-corrected chi connectivity index (χ4v) is 5.97. The number of benzene rings is 2. The van der Waals surface area contributed by atoms with Crippen LogP contribution in [-0.2, 0) is 29.4 Å². The minimum atomic E-state index is -3.51. The molecule has 3 N–H and O–H groups in total. The Morgan fingerprint density at radius 3 is 2.57 bits per heavy atom. The first-order valence-electron chi connectivity index (χ1n) is 13.0. The molecule has 1 aliphatic heterocycles. The van der Waals surface area contributed by atoms with Gasteiger partial charge in [-0.25, -0.2) is 8.42 Å². The smallest absolute Gasteiger partial charge is 0.251 e. The highest BCUT2D eigenvalue weighted by atomic mass is 32.2. The van der Waals surface area contributed by atoms with Crippen molar-refractivity contribution in [1.82, 2.24) is 15.2 Å². The lowest BCUT2D eigenvalue weighted by Gasteiger charge is -2.26. The molecule has 0 aliphatic carbocycles. The quantitative estimate of drug-likeness (QED) is 0.377. The summed E-state index contributed by atoms with van der Waals surface area (Å²) in [5.41, 5.74) is 3.78. The lowest BCUT2D eigenvalue weighted by Crippen LogP contribution is -2.49. The average molecular weight is 527 g/mol. The Labute approximate surface area is 219 Å². The van der Waals surface area contributed by atoms with Crippen LogP contribution in [-0.4, -0.2) is 61.5 Å².